The predicted octanol–water partition coefficient (Wildman–Crippen LogP) is 0.649. The van der Waals surface area contributed by atoms with Crippen LogP contribution in [0.1, 0.15) is 36.8 Å². The van der Waals surface area contributed by atoms with E-state index in [1.54, 1.807) is 24.3 Å². The van der Waals surface area contributed by atoms with E-state index in [4.69, 9.17) is 10.2 Å². The topological polar surface area (TPSA) is 133 Å². The average molecular weight is 336 g/mol. The summed E-state index contributed by atoms with van der Waals surface area (Å²) in [4.78, 5) is 43.7. The lowest BCUT2D eigenvalue weighted by Gasteiger charge is -2.08. The molecule has 0 unspecified atom stereocenters. The van der Waals surface area contributed by atoms with Crippen LogP contribution in [0.3, 0.4) is 0 Å². The van der Waals surface area contributed by atoms with Gasteiger partial charge in [-0.3, -0.25) is 19.2 Å². The number of aliphatic carboxylic acids is 2. The van der Waals surface area contributed by atoms with Crippen LogP contribution >= 0.6 is 0 Å². The second-order valence-corrected chi connectivity index (χ2v) is 5.16. The highest BCUT2D eigenvalue weighted by molar-refractivity contribution is 5.81. The fraction of sp³-hybridized carbons (Fsp3) is 0.375. The second kappa shape index (κ2) is 9.98. The molecule has 0 aliphatic heterocycles. The molecule has 0 saturated heterocycles. The van der Waals surface area contributed by atoms with Gasteiger partial charge in [0.2, 0.25) is 11.8 Å². The number of carbonyl (C=O) groups is 4. The minimum Gasteiger partial charge on any atom is -0.481 e. The molecule has 1 aromatic carbocycles. The minimum absolute atomic E-state index is 0.0747. The molecule has 0 aliphatic rings. The fourth-order valence-electron chi connectivity index (χ4n) is 1.87. The molecule has 24 heavy (non-hydrogen) atoms. The summed E-state index contributed by atoms with van der Waals surface area (Å²) in [7, 11) is 0. The van der Waals surface area contributed by atoms with Gasteiger partial charge in [-0.25, -0.2) is 0 Å². The van der Waals surface area contributed by atoms with E-state index in [0.29, 0.717) is 0 Å². The minimum atomic E-state index is -1.02. The number of carboxylic acids is 2. The van der Waals surface area contributed by atoms with Gasteiger partial charge in [-0.05, 0) is 11.1 Å². The smallest absolute Gasteiger partial charge is 0.303 e. The van der Waals surface area contributed by atoms with E-state index in [-0.39, 0.29) is 50.6 Å². The van der Waals surface area contributed by atoms with Crippen molar-refractivity contribution in [3.63, 3.8) is 0 Å². The molecule has 0 bridgehead atoms. The Kier molecular flexibility index (Phi) is 7.97. The molecule has 8 heteroatoms. The molecule has 0 saturated carbocycles. The Labute approximate surface area is 138 Å². The van der Waals surface area contributed by atoms with E-state index >= 15 is 0 Å². The summed E-state index contributed by atoms with van der Waals surface area (Å²) in [6.07, 6.45) is -0.578. The number of rotatable bonds is 10. The summed E-state index contributed by atoms with van der Waals surface area (Å²) in [5, 5.41) is 22.3. The van der Waals surface area contributed by atoms with Crippen LogP contribution in [-0.4, -0.2) is 34.0 Å². The van der Waals surface area contributed by atoms with E-state index in [2.05, 4.69) is 10.6 Å². The molecular formula is C16H20N2O6. The summed E-state index contributed by atoms with van der Waals surface area (Å²) in [5.74, 6) is -2.73. The van der Waals surface area contributed by atoms with Crippen molar-refractivity contribution in [2.45, 2.75) is 38.8 Å². The van der Waals surface area contributed by atoms with Gasteiger partial charge in [0.05, 0.1) is 12.8 Å². The molecule has 0 radical (unpaired) electrons. The van der Waals surface area contributed by atoms with E-state index in [1.807, 2.05) is 0 Å². The first-order chi connectivity index (χ1) is 11.4. The number of amides is 2. The van der Waals surface area contributed by atoms with Gasteiger partial charge in [0, 0.05) is 25.9 Å². The Morgan fingerprint density at radius 3 is 1.54 bits per heavy atom. The quantitative estimate of drug-likeness (QED) is 0.496. The van der Waals surface area contributed by atoms with Gasteiger partial charge < -0.3 is 20.8 Å². The molecule has 4 N–H and O–H groups in total. The third-order valence-corrected chi connectivity index (χ3v) is 3.10. The first-order valence-corrected chi connectivity index (χ1v) is 7.41. The van der Waals surface area contributed by atoms with Crippen molar-refractivity contribution in [3.8, 4) is 0 Å². The van der Waals surface area contributed by atoms with Crippen LogP contribution in [0.15, 0.2) is 24.3 Å². The number of carbonyl (C=O) groups excluding carboxylic acids is 2. The molecule has 0 spiro atoms. The number of benzene rings is 1. The zero-order chi connectivity index (χ0) is 17.9. The molecule has 1 rings (SSSR count). The maximum atomic E-state index is 11.5. The van der Waals surface area contributed by atoms with Crippen LogP contribution in [0, 0.1) is 0 Å². The molecule has 0 fully saturated rings. The second-order valence-electron chi connectivity index (χ2n) is 5.16. The Morgan fingerprint density at radius 2 is 1.17 bits per heavy atom. The molecular weight excluding hydrogens is 316 g/mol. The monoisotopic (exact) mass is 336 g/mol. The molecule has 2 amide bonds. The lowest BCUT2D eigenvalue weighted by molar-refractivity contribution is -0.139. The third kappa shape index (κ3) is 8.52. The Morgan fingerprint density at radius 1 is 0.750 bits per heavy atom. The largest absolute Gasteiger partial charge is 0.481 e. The first kappa shape index (κ1) is 19.1. The van der Waals surface area contributed by atoms with Gasteiger partial charge >= 0.3 is 11.9 Å². The summed E-state index contributed by atoms with van der Waals surface area (Å²) in [5.41, 5.74) is 1.63. The zero-order valence-electron chi connectivity index (χ0n) is 13.1. The molecule has 0 heterocycles. The van der Waals surface area contributed by atoms with E-state index < -0.39 is 11.9 Å². The molecule has 130 valence electrons. The molecule has 8 nitrogen and oxygen atoms in total. The average Bonchev–Trinajstić information content (AvgIpc) is 2.54. The number of nitrogens with one attached hydrogen (secondary N) is 2. The van der Waals surface area contributed by atoms with Crippen LogP contribution in [-0.2, 0) is 32.3 Å². The van der Waals surface area contributed by atoms with Gasteiger partial charge in [0.25, 0.3) is 0 Å². The predicted molar refractivity (Wildman–Crippen MR) is 83.9 cm³/mol. The van der Waals surface area contributed by atoms with Crippen LogP contribution in [0.2, 0.25) is 0 Å². The van der Waals surface area contributed by atoms with Crippen molar-refractivity contribution in [1.29, 1.82) is 0 Å². The number of hydrogen-bond acceptors (Lipinski definition) is 4. The third-order valence-electron chi connectivity index (χ3n) is 3.10. The highest BCUT2D eigenvalue weighted by Crippen LogP contribution is 2.05. The number of carboxylic acid groups (broad SMARTS) is 2. The van der Waals surface area contributed by atoms with Crippen molar-refractivity contribution in [1.82, 2.24) is 10.6 Å². The van der Waals surface area contributed by atoms with E-state index in [9.17, 15) is 19.2 Å². The maximum Gasteiger partial charge on any atom is 0.303 e. The molecule has 0 atom stereocenters. The van der Waals surface area contributed by atoms with Crippen LogP contribution in [0.25, 0.3) is 0 Å². The standard InChI is InChI=1S/C16H20N2O6/c19-13(4-6-15(21)22)17-9-11-2-1-3-12(8-11)10-18-14(20)5-7-16(23)24/h1-3,8H,4-7,9-10H2,(H,17,19)(H,18,20)(H,21,22)(H,23,24). The Hall–Kier alpha value is -2.90. The number of hydrogen-bond donors (Lipinski definition) is 4. The molecule has 0 aliphatic carbocycles. The summed E-state index contributed by atoms with van der Waals surface area (Å²) in [6, 6.07) is 7.17. The first-order valence-electron chi connectivity index (χ1n) is 7.41. The van der Waals surface area contributed by atoms with Crippen molar-refractivity contribution in [2.75, 3.05) is 0 Å². The summed E-state index contributed by atoms with van der Waals surface area (Å²) < 4.78 is 0. The van der Waals surface area contributed by atoms with Crippen molar-refractivity contribution in [2.24, 2.45) is 0 Å². The lowest BCUT2D eigenvalue weighted by atomic mass is 10.1. The lowest BCUT2D eigenvalue weighted by Crippen LogP contribution is -2.24. The van der Waals surface area contributed by atoms with Gasteiger partial charge in [-0.2, -0.15) is 0 Å². The van der Waals surface area contributed by atoms with Gasteiger partial charge in [0.1, 0.15) is 0 Å². The van der Waals surface area contributed by atoms with Gasteiger partial charge in [0.15, 0.2) is 0 Å². The van der Waals surface area contributed by atoms with Crippen LogP contribution in [0.4, 0.5) is 0 Å². The fourth-order valence-corrected chi connectivity index (χ4v) is 1.87. The van der Waals surface area contributed by atoms with Crippen LogP contribution in [0.5, 0.6) is 0 Å². The van der Waals surface area contributed by atoms with Gasteiger partial charge in [-0.1, -0.05) is 24.3 Å². The normalized spacial score (nSPS) is 10.0. The van der Waals surface area contributed by atoms with Crippen molar-refractivity contribution < 1.29 is 29.4 Å². The summed E-state index contributed by atoms with van der Waals surface area (Å²) >= 11 is 0. The zero-order valence-corrected chi connectivity index (χ0v) is 13.1. The Balaban J connectivity index is 2.40. The van der Waals surface area contributed by atoms with E-state index in [0.717, 1.165) is 11.1 Å². The highest BCUT2D eigenvalue weighted by Gasteiger charge is 2.07. The SMILES string of the molecule is O=C(O)CCC(=O)NCc1cccc(CNC(=O)CCC(=O)O)c1. The maximum absolute atomic E-state index is 11.5. The van der Waals surface area contributed by atoms with Gasteiger partial charge in [-0.15, -0.1) is 0 Å². The van der Waals surface area contributed by atoms with Crippen LogP contribution < -0.4 is 10.6 Å². The molecule has 1 aromatic rings. The summed E-state index contributed by atoms with van der Waals surface area (Å²) in [6.45, 7) is 0.526. The van der Waals surface area contributed by atoms with Crippen molar-refractivity contribution in [3.05, 3.63) is 35.4 Å². The van der Waals surface area contributed by atoms with E-state index in [1.165, 1.54) is 0 Å². The van der Waals surface area contributed by atoms with Crippen molar-refractivity contribution >= 4 is 23.8 Å². The Bertz CT molecular complexity index is 565. The highest BCUT2D eigenvalue weighted by atomic mass is 16.4. The molecule has 0 aromatic heterocycles.